The number of nitriles is 1. The quantitative estimate of drug-likeness (QED) is 0.426. The van der Waals surface area contributed by atoms with Crippen molar-refractivity contribution in [2.75, 3.05) is 11.5 Å². The molecule has 7 heteroatoms. The van der Waals surface area contributed by atoms with Crippen LogP contribution in [0.1, 0.15) is 77.6 Å². The Bertz CT molecular complexity index is 454. The maximum Gasteiger partial charge on any atom is 0.327 e. The lowest BCUT2D eigenvalue weighted by Gasteiger charge is -2.30. The standard InChI is InChI=1S/C12H23N.C8H12N2O3S/c1-3-7-11(8-4-1)13-12-9-5-2-6-10-12;1-6(11)10-7(8(12)13)5-14-4-2-3-9/h11-13H,1-10H2;7H,2,4-5H2,1H3,(H,10,11)(H,12,13)/t;7-/m.0/s1/i;5+1,7+1,8+1. The van der Waals surface area contributed by atoms with Gasteiger partial charge in [-0.05, 0) is 25.7 Å². The van der Waals surface area contributed by atoms with Gasteiger partial charge in [-0.25, -0.2) is 4.79 Å². The number of rotatable bonds is 8. The summed E-state index contributed by atoms with van der Waals surface area (Å²) in [6.07, 6.45) is 15.0. The summed E-state index contributed by atoms with van der Waals surface area (Å²) in [7, 11) is 0. The molecule has 3 N–H and O–H groups in total. The zero-order valence-corrected chi connectivity index (χ0v) is 17.4. The van der Waals surface area contributed by atoms with E-state index in [1.165, 1.54) is 82.9 Å². The van der Waals surface area contributed by atoms with Crippen molar-refractivity contribution in [2.24, 2.45) is 0 Å². The van der Waals surface area contributed by atoms with Crippen molar-refractivity contribution in [3.8, 4) is 6.07 Å². The predicted molar refractivity (Wildman–Crippen MR) is 110 cm³/mol. The Kier molecular flexibility index (Phi) is 13.0. The first-order valence-electron chi connectivity index (χ1n) is 10.2. The summed E-state index contributed by atoms with van der Waals surface area (Å²) in [6.45, 7) is 1.27. The van der Waals surface area contributed by atoms with Gasteiger partial charge in [0.25, 0.3) is 0 Å². The first kappa shape index (κ1) is 23.8. The van der Waals surface area contributed by atoms with Crippen LogP contribution in [-0.2, 0) is 9.59 Å². The molecular weight excluding hydrogens is 365 g/mol. The molecule has 2 rings (SSSR count). The SMILES string of the molecule is C1CCC(NC2CCCCC2)CC1.CC(=O)N[13C@@H]([13CH2]SCCC#N)[13C](=O)O. The van der Waals surface area contributed by atoms with Gasteiger partial charge in [0.1, 0.15) is 6.04 Å². The van der Waals surface area contributed by atoms with Crippen LogP contribution in [0.15, 0.2) is 0 Å². The molecule has 0 aromatic heterocycles. The van der Waals surface area contributed by atoms with Gasteiger partial charge in [0.15, 0.2) is 0 Å². The lowest BCUT2D eigenvalue weighted by molar-refractivity contribution is -0.140. The number of thioether (sulfide) groups is 1. The third kappa shape index (κ3) is 11.9. The molecule has 2 saturated carbocycles. The molecule has 6 nitrogen and oxygen atoms in total. The maximum absolute atomic E-state index is 10.6. The fourth-order valence-corrected chi connectivity index (χ4v) is 4.47. The fourth-order valence-electron chi connectivity index (χ4n) is 3.61. The summed E-state index contributed by atoms with van der Waals surface area (Å²) in [4.78, 5) is 21.2. The van der Waals surface area contributed by atoms with E-state index in [1.54, 1.807) is 0 Å². The number of carbonyl (C=O) groups excluding carboxylic acids is 1. The number of nitrogens with one attached hydrogen (secondary N) is 2. The molecule has 0 unspecified atom stereocenters. The topological polar surface area (TPSA) is 102 Å². The molecule has 2 aliphatic rings. The zero-order chi connectivity index (χ0) is 19.9. The van der Waals surface area contributed by atoms with Gasteiger partial charge in [0.05, 0.1) is 6.07 Å². The first-order chi connectivity index (χ1) is 13.0. The number of aliphatic carboxylic acids is 1. The van der Waals surface area contributed by atoms with E-state index in [1.807, 2.05) is 6.07 Å². The molecule has 0 spiro atoms. The fraction of sp³-hybridized carbons (Fsp3) is 0.850. The molecule has 2 fully saturated rings. The Morgan fingerprint density at radius 1 is 1.07 bits per heavy atom. The molecule has 0 aromatic rings. The summed E-state index contributed by atoms with van der Waals surface area (Å²) in [5.74, 6) is -0.542. The van der Waals surface area contributed by atoms with Crippen LogP contribution < -0.4 is 10.6 Å². The molecule has 0 radical (unpaired) electrons. The molecule has 0 heterocycles. The van der Waals surface area contributed by atoms with E-state index in [9.17, 15) is 9.59 Å². The van der Waals surface area contributed by atoms with Gasteiger partial charge < -0.3 is 15.7 Å². The summed E-state index contributed by atoms with van der Waals surface area (Å²) >= 11 is 1.34. The van der Waals surface area contributed by atoms with E-state index in [2.05, 4.69) is 10.6 Å². The number of carboxylic acids is 1. The van der Waals surface area contributed by atoms with Crippen molar-refractivity contribution in [3.63, 3.8) is 0 Å². The van der Waals surface area contributed by atoms with E-state index in [-0.39, 0.29) is 11.7 Å². The normalized spacial score (nSPS) is 19.3. The molecule has 27 heavy (non-hydrogen) atoms. The van der Waals surface area contributed by atoms with Crippen LogP contribution in [0.5, 0.6) is 0 Å². The second-order valence-electron chi connectivity index (χ2n) is 7.41. The third-order valence-electron chi connectivity index (χ3n) is 5.00. The van der Waals surface area contributed by atoms with Gasteiger partial charge in [-0.3, -0.25) is 4.79 Å². The van der Waals surface area contributed by atoms with Gasteiger partial charge in [0.2, 0.25) is 5.91 Å². The average Bonchev–Trinajstić information content (AvgIpc) is 2.66. The van der Waals surface area contributed by atoms with Crippen LogP contribution in [0, 0.1) is 11.3 Å². The van der Waals surface area contributed by atoms with Crippen LogP contribution in [0.25, 0.3) is 0 Å². The van der Waals surface area contributed by atoms with Crippen LogP contribution in [-0.4, -0.2) is 46.6 Å². The summed E-state index contributed by atoms with van der Waals surface area (Å²) in [5.41, 5.74) is 0. The zero-order valence-electron chi connectivity index (χ0n) is 16.5. The van der Waals surface area contributed by atoms with E-state index >= 15 is 0 Å². The van der Waals surface area contributed by atoms with Crippen LogP contribution in [0.3, 0.4) is 0 Å². The van der Waals surface area contributed by atoms with Crippen molar-refractivity contribution in [2.45, 2.75) is 95.7 Å². The lowest BCUT2D eigenvalue weighted by Crippen LogP contribution is -2.41. The Balaban J connectivity index is 0.000000270. The lowest BCUT2D eigenvalue weighted by atomic mass is 9.91. The highest BCUT2D eigenvalue weighted by Crippen LogP contribution is 2.22. The number of nitrogens with zero attached hydrogens (tertiary/aromatic N) is 1. The summed E-state index contributed by atoms with van der Waals surface area (Å²) < 4.78 is 0. The molecular formula is C20H35N3O3S. The van der Waals surface area contributed by atoms with Gasteiger partial charge in [-0.15, -0.1) is 0 Å². The largest absolute Gasteiger partial charge is 0.480 e. The van der Waals surface area contributed by atoms with Crippen LogP contribution >= 0.6 is 11.8 Å². The number of hydrogen-bond acceptors (Lipinski definition) is 5. The van der Waals surface area contributed by atoms with Gasteiger partial charge in [0, 0.05) is 36.9 Å². The van der Waals surface area contributed by atoms with Crippen molar-refractivity contribution in [3.05, 3.63) is 0 Å². The number of hydrogen-bond donors (Lipinski definition) is 3. The number of carboxylic acid groups (broad SMARTS) is 1. The van der Waals surface area contributed by atoms with E-state index < -0.39 is 12.0 Å². The second kappa shape index (κ2) is 14.8. The van der Waals surface area contributed by atoms with Crippen molar-refractivity contribution >= 4 is 23.6 Å². The van der Waals surface area contributed by atoms with Crippen molar-refractivity contribution in [1.29, 1.82) is 5.26 Å². The van der Waals surface area contributed by atoms with Crippen molar-refractivity contribution in [1.82, 2.24) is 10.6 Å². The highest BCUT2D eigenvalue weighted by atomic mass is 32.2. The second-order valence-corrected chi connectivity index (χ2v) is 8.56. The van der Waals surface area contributed by atoms with Crippen molar-refractivity contribution < 1.29 is 14.7 Å². The minimum absolute atomic E-state index is 0.288. The molecule has 0 aliphatic heterocycles. The van der Waals surface area contributed by atoms with Crippen LogP contribution in [0.2, 0.25) is 0 Å². The minimum Gasteiger partial charge on any atom is -0.480 e. The Labute approximate surface area is 167 Å². The molecule has 2 aliphatic carbocycles. The Morgan fingerprint density at radius 2 is 1.59 bits per heavy atom. The highest BCUT2D eigenvalue weighted by molar-refractivity contribution is 7.99. The Morgan fingerprint density at radius 3 is 2.00 bits per heavy atom. The number of carbonyl (C=O) groups is 2. The molecule has 0 bridgehead atoms. The van der Waals surface area contributed by atoms with Crippen LogP contribution in [0.4, 0.5) is 0 Å². The van der Waals surface area contributed by atoms with E-state index in [4.69, 9.17) is 10.4 Å². The highest BCUT2D eigenvalue weighted by Gasteiger charge is 2.19. The monoisotopic (exact) mass is 400 g/mol. The smallest absolute Gasteiger partial charge is 0.327 e. The predicted octanol–water partition coefficient (Wildman–Crippen LogP) is 3.46. The van der Waals surface area contributed by atoms with Gasteiger partial charge in [-0.1, -0.05) is 38.5 Å². The average molecular weight is 401 g/mol. The molecule has 154 valence electrons. The molecule has 1 amide bonds. The number of amides is 1. The van der Waals surface area contributed by atoms with E-state index in [0.29, 0.717) is 12.2 Å². The molecule has 0 saturated heterocycles. The summed E-state index contributed by atoms with van der Waals surface area (Å²) in [6, 6.07) is 2.84. The third-order valence-corrected chi connectivity index (χ3v) is 6.06. The summed E-state index contributed by atoms with van der Waals surface area (Å²) in [5, 5.41) is 23.1. The van der Waals surface area contributed by atoms with Gasteiger partial charge in [-0.2, -0.15) is 17.0 Å². The molecule has 1 atom stereocenters. The molecule has 0 aromatic carbocycles. The minimum atomic E-state index is -1.05. The van der Waals surface area contributed by atoms with Gasteiger partial charge >= 0.3 is 5.97 Å². The maximum atomic E-state index is 10.6. The van der Waals surface area contributed by atoms with E-state index in [0.717, 1.165) is 12.1 Å². The Hall–Kier alpha value is -1.26. The first-order valence-corrected chi connectivity index (χ1v) is 11.4.